The van der Waals surface area contributed by atoms with E-state index in [0.717, 1.165) is 38.9 Å². The van der Waals surface area contributed by atoms with Crippen molar-refractivity contribution in [2.24, 2.45) is 0 Å². The van der Waals surface area contributed by atoms with Gasteiger partial charge in [0.05, 0.1) is 19.8 Å². The van der Waals surface area contributed by atoms with Gasteiger partial charge in [-0.05, 0) is 25.7 Å². The highest BCUT2D eigenvalue weighted by molar-refractivity contribution is 7.99. The van der Waals surface area contributed by atoms with Crippen molar-refractivity contribution < 1.29 is 13.6 Å². The monoisotopic (exact) mass is 538 g/mol. The van der Waals surface area contributed by atoms with Crippen molar-refractivity contribution in [3.05, 3.63) is 0 Å². The summed E-state index contributed by atoms with van der Waals surface area (Å²) < 4.78 is 18.0. The van der Waals surface area contributed by atoms with E-state index in [-0.39, 0.29) is 4.58 Å². The molecule has 0 radical (unpaired) electrons. The molecule has 0 saturated carbocycles. The molecule has 0 N–H and O–H groups in total. The fraction of sp³-hybridized carbons (Fsp3) is 1.00. The summed E-state index contributed by atoms with van der Waals surface area (Å²) in [4.78, 5) is 0. The number of rotatable bonds is 29. The van der Waals surface area contributed by atoms with Crippen molar-refractivity contribution in [1.82, 2.24) is 0 Å². The molecule has 0 saturated heterocycles. The van der Waals surface area contributed by atoms with Gasteiger partial charge in [-0.3, -0.25) is 0 Å². The van der Waals surface area contributed by atoms with Crippen molar-refractivity contribution in [3.8, 4) is 0 Å². The molecule has 34 heavy (non-hydrogen) atoms. The summed E-state index contributed by atoms with van der Waals surface area (Å²) in [5.74, 6) is 0. The molecule has 0 aromatic rings. The van der Waals surface area contributed by atoms with Gasteiger partial charge in [-0.1, -0.05) is 129 Å². The van der Waals surface area contributed by atoms with Gasteiger partial charge in [-0.25, -0.2) is 0 Å². The molecule has 0 aliphatic heterocycles. The van der Waals surface area contributed by atoms with E-state index in [1.54, 1.807) is 0 Å². The summed E-state index contributed by atoms with van der Waals surface area (Å²) in [6.45, 7) is 6.73. The molecule has 0 bridgehead atoms. The highest BCUT2D eigenvalue weighted by Gasteiger charge is 2.12. The number of hydrogen-bond donors (Lipinski definition) is 2. The second kappa shape index (κ2) is 30.2. The average molecular weight is 539 g/mol. The Morgan fingerprint density at radius 3 is 1.06 bits per heavy atom. The van der Waals surface area contributed by atoms with Crippen molar-refractivity contribution in [1.29, 1.82) is 0 Å². The summed E-state index contributed by atoms with van der Waals surface area (Å²) >= 11 is 8.65. The maximum absolute atomic E-state index is 6.00. The van der Waals surface area contributed by atoms with Gasteiger partial charge in [0.15, 0.2) is 0 Å². The molecule has 0 rings (SSSR count). The Morgan fingerprint density at radius 2 is 0.735 bits per heavy atom. The molecular weight excluding hydrogens is 479 g/mol. The Bertz CT molecular complexity index is 350. The predicted molar refractivity (Wildman–Crippen MR) is 159 cm³/mol. The van der Waals surface area contributed by atoms with Crippen molar-refractivity contribution >= 4 is 33.9 Å². The molecule has 206 valence electrons. The van der Waals surface area contributed by atoms with Crippen LogP contribution in [0.25, 0.3) is 0 Å². The second-order valence-electron chi connectivity index (χ2n) is 9.71. The highest BCUT2D eigenvalue weighted by atomic mass is 32.2. The van der Waals surface area contributed by atoms with E-state index in [2.05, 4.69) is 39.1 Å². The molecule has 0 aromatic carbocycles. The van der Waals surface area contributed by atoms with Crippen LogP contribution >= 0.6 is 33.9 Å². The zero-order valence-corrected chi connectivity index (χ0v) is 25.5. The smallest absolute Gasteiger partial charge is 0.312 e. The fourth-order valence-electron chi connectivity index (χ4n) is 3.97. The van der Waals surface area contributed by atoms with Crippen LogP contribution in [0.15, 0.2) is 0 Å². The van der Waals surface area contributed by atoms with E-state index in [1.807, 2.05) is 0 Å². The van der Waals surface area contributed by atoms with E-state index in [0.29, 0.717) is 6.61 Å². The lowest BCUT2D eigenvalue weighted by atomic mass is 10.1. The van der Waals surface area contributed by atoms with Gasteiger partial charge >= 0.3 is 8.60 Å². The first-order chi connectivity index (χ1) is 16.7. The predicted octanol–water partition coefficient (Wildman–Crippen LogP) is 11.1. The Balaban J connectivity index is 3.75. The van der Waals surface area contributed by atoms with E-state index in [4.69, 9.17) is 13.6 Å². The maximum atomic E-state index is 6.00. The van der Waals surface area contributed by atoms with Crippen LogP contribution in [0.4, 0.5) is 0 Å². The van der Waals surface area contributed by atoms with Crippen molar-refractivity contribution in [3.63, 3.8) is 0 Å². The Labute approximate surface area is 226 Å². The van der Waals surface area contributed by atoms with Crippen LogP contribution in [0.3, 0.4) is 0 Å². The van der Waals surface area contributed by atoms with Gasteiger partial charge in [0, 0.05) is 4.58 Å². The third kappa shape index (κ3) is 29.2. The van der Waals surface area contributed by atoms with Crippen LogP contribution < -0.4 is 0 Å². The highest BCUT2D eigenvalue weighted by Crippen LogP contribution is 2.40. The molecule has 6 heteroatoms. The molecule has 0 heterocycles. The zero-order valence-electron chi connectivity index (χ0n) is 22.8. The average Bonchev–Trinajstić information content (AvgIpc) is 2.82. The number of unbranched alkanes of at least 4 members (excludes halogenated alkanes) is 18. The molecule has 0 unspecified atom stereocenters. The molecule has 0 aromatic heterocycles. The van der Waals surface area contributed by atoms with E-state index >= 15 is 0 Å². The van der Waals surface area contributed by atoms with Crippen LogP contribution in [-0.4, -0.2) is 24.4 Å². The molecular formula is C28H59O3PS2. The van der Waals surface area contributed by atoms with Crippen LogP contribution in [0.5, 0.6) is 0 Å². The first kappa shape index (κ1) is 35.0. The third-order valence-corrected chi connectivity index (χ3v) is 7.89. The lowest BCUT2D eigenvalue weighted by Crippen LogP contribution is -2.01. The summed E-state index contributed by atoms with van der Waals surface area (Å²) in [6, 6.07) is 0. The SMILES string of the molecule is CCCCCCCCCCCCOP(OCCCCCCCCCCCC)OCCCC(S)S. The Morgan fingerprint density at radius 1 is 0.441 bits per heavy atom. The van der Waals surface area contributed by atoms with Crippen molar-refractivity contribution in [2.45, 2.75) is 160 Å². The molecule has 0 aliphatic rings. The minimum Gasteiger partial charge on any atom is -0.312 e. The minimum atomic E-state index is -1.21. The Kier molecular flexibility index (Phi) is 31.1. The summed E-state index contributed by atoms with van der Waals surface area (Å²) in [7, 11) is -1.21. The molecule has 0 amide bonds. The lowest BCUT2D eigenvalue weighted by Gasteiger charge is -2.17. The topological polar surface area (TPSA) is 27.7 Å². The third-order valence-electron chi connectivity index (χ3n) is 6.19. The fourth-order valence-corrected chi connectivity index (χ4v) is 5.40. The van der Waals surface area contributed by atoms with Gasteiger partial charge in [-0.15, -0.1) is 0 Å². The molecule has 0 fully saturated rings. The first-order valence-corrected chi connectivity index (χ1v) is 16.9. The van der Waals surface area contributed by atoms with Crippen LogP contribution in [0.2, 0.25) is 0 Å². The van der Waals surface area contributed by atoms with Gasteiger partial charge < -0.3 is 13.6 Å². The normalized spacial score (nSPS) is 11.8. The van der Waals surface area contributed by atoms with Gasteiger partial charge in [-0.2, -0.15) is 25.3 Å². The van der Waals surface area contributed by atoms with Crippen LogP contribution in [0, 0.1) is 0 Å². The van der Waals surface area contributed by atoms with Crippen LogP contribution in [0.1, 0.15) is 155 Å². The van der Waals surface area contributed by atoms with Gasteiger partial charge in [0.25, 0.3) is 0 Å². The quantitative estimate of drug-likeness (QED) is 0.0429. The molecule has 3 nitrogen and oxygen atoms in total. The van der Waals surface area contributed by atoms with Crippen molar-refractivity contribution in [2.75, 3.05) is 19.8 Å². The molecule has 0 atom stereocenters. The Hall–Kier alpha value is 1.01. The van der Waals surface area contributed by atoms with E-state index in [1.165, 1.54) is 116 Å². The standard InChI is InChI=1S/C28H59O3PS2/c1-3-5-7-9-11-13-15-17-19-21-25-29-32(31-27-23-24-28(33)34)30-26-22-20-18-16-14-12-10-8-6-4-2/h28,33-34H,3-27H2,1-2H3. The maximum Gasteiger partial charge on any atom is 0.332 e. The number of thiol groups is 2. The molecule has 0 spiro atoms. The van der Waals surface area contributed by atoms with Gasteiger partial charge in [0.2, 0.25) is 0 Å². The number of hydrogen-bond acceptors (Lipinski definition) is 5. The van der Waals surface area contributed by atoms with Crippen LogP contribution in [-0.2, 0) is 13.6 Å². The van der Waals surface area contributed by atoms with Gasteiger partial charge in [0.1, 0.15) is 0 Å². The second-order valence-corrected chi connectivity index (χ2v) is 12.6. The molecule has 0 aliphatic carbocycles. The zero-order chi connectivity index (χ0) is 25.0. The summed E-state index contributed by atoms with van der Waals surface area (Å²) in [5.41, 5.74) is 0. The largest absolute Gasteiger partial charge is 0.332 e. The van der Waals surface area contributed by atoms with E-state index < -0.39 is 8.60 Å². The summed E-state index contributed by atoms with van der Waals surface area (Å²) in [5, 5.41) is 0. The lowest BCUT2D eigenvalue weighted by molar-refractivity contribution is 0.154. The van der Waals surface area contributed by atoms with E-state index in [9.17, 15) is 0 Å². The minimum absolute atomic E-state index is 0.120. The first-order valence-electron chi connectivity index (χ1n) is 14.8. The summed E-state index contributed by atoms with van der Waals surface area (Å²) in [6.07, 6.45) is 28.6.